The van der Waals surface area contributed by atoms with E-state index in [-0.39, 0.29) is 16.9 Å². The number of hydrogen-bond acceptors (Lipinski definition) is 2. The van der Waals surface area contributed by atoms with Gasteiger partial charge in [-0.25, -0.2) is 0 Å². The van der Waals surface area contributed by atoms with Crippen LogP contribution in [0.1, 0.15) is 15.9 Å². The van der Waals surface area contributed by atoms with E-state index in [0.717, 1.165) is 12.1 Å². The molecule has 0 saturated carbocycles. The van der Waals surface area contributed by atoms with Crippen molar-refractivity contribution in [3.05, 3.63) is 58.1 Å². The molecule has 0 radical (unpaired) electrons. The van der Waals surface area contributed by atoms with Crippen LogP contribution < -0.4 is 11.1 Å². The van der Waals surface area contributed by atoms with Crippen molar-refractivity contribution in [3.63, 3.8) is 0 Å². The lowest BCUT2D eigenvalue weighted by Gasteiger charge is -2.14. The number of nitrogens with two attached hydrogens (primary N) is 1. The van der Waals surface area contributed by atoms with Gasteiger partial charge in [0.25, 0.3) is 5.91 Å². The molecule has 0 aromatic heterocycles. The third-order valence-corrected chi connectivity index (χ3v) is 3.41. The number of benzene rings is 2. The number of anilines is 2. The van der Waals surface area contributed by atoms with Gasteiger partial charge in [0, 0.05) is 10.2 Å². The van der Waals surface area contributed by atoms with Gasteiger partial charge in [-0.2, -0.15) is 13.2 Å². The lowest BCUT2D eigenvalue weighted by molar-refractivity contribution is -0.136. The molecule has 0 fully saturated rings. The largest absolute Gasteiger partial charge is 0.418 e. The Bertz CT molecular complexity index is 686. The van der Waals surface area contributed by atoms with Crippen LogP contribution in [-0.2, 0) is 6.18 Å². The van der Waals surface area contributed by atoms with Crippen molar-refractivity contribution >= 4 is 33.2 Å². The highest BCUT2D eigenvalue weighted by molar-refractivity contribution is 9.10. The van der Waals surface area contributed by atoms with E-state index >= 15 is 0 Å². The summed E-state index contributed by atoms with van der Waals surface area (Å²) in [5, 5.41) is 2.26. The van der Waals surface area contributed by atoms with Gasteiger partial charge in [-0.05, 0) is 46.3 Å². The van der Waals surface area contributed by atoms with Crippen molar-refractivity contribution in [3.8, 4) is 0 Å². The summed E-state index contributed by atoms with van der Waals surface area (Å²) >= 11 is 3.18. The highest BCUT2D eigenvalue weighted by atomic mass is 79.9. The quantitative estimate of drug-likeness (QED) is 0.786. The van der Waals surface area contributed by atoms with Crippen LogP contribution in [0.3, 0.4) is 0 Å². The fourth-order valence-electron chi connectivity index (χ4n) is 1.74. The number of carbonyl (C=O) groups is 1. The summed E-state index contributed by atoms with van der Waals surface area (Å²) in [5.41, 5.74) is 4.26. The summed E-state index contributed by atoms with van der Waals surface area (Å²) in [4.78, 5) is 12.1. The minimum atomic E-state index is -4.61. The van der Waals surface area contributed by atoms with Crippen LogP contribution >= 0.6 is 15.9 Å². The molecule has 0 spiro atoms. The number of nitrogens with one attached hydrogen (secondary N) is 1. The minimum Gasteiger partial charge on any atom is -0.399 e. The summed E-state index contributed by atoms with van der Waals surface area (Å²) < 4.78 is 39.3. The third kappa shape index (κ3) is 3.55. The van der Waals surface area contributed by atoms with Crippen molar-refractivity contribution in [1.29, 1.82) is 0 Å². The maximum Gasteiger partial charge on any atom is 0.418 e. The van der Waals surface area contributed by atoms with E-state index in [0.29, 0.717) is 4.47 Å². The van der Waals surface area contributed by atoms with Gasteiger partial charge in [0.2, 0.25) is 0 Å². The third-order valence-electron chi connectivity index (χ3n) is 2.72. The monoisotopic (exact) mass is 358 g/mol. The SMILES string of the molecule is Nc1ccc(NC(=O)c2ccccc2Br)c(C(F)(F)F)c1. The van der Waals surface area contributed by atoms with Crippen molar-refractivity contribution in [2.24, 2.45) is 0 Å². The van der Waals surface area contributed by atoms with Crippen LogP contribution in [0.15, 0.2) is 46.9 Å². The van der Waals surface area contributed by atoms with Crippen molar-refractivity contribution < 1.29 is 18.0 Å². The molecular weight excluding hydrogens is 349 g/mol. The van der Waals surface area contributed by atoms with Crippen LogP contribution in [0.5, 0.6) is 0 Å². The van der Waals surface area contributed by atoms with E-state index < -0.39 is 17.6 Å². The first-order valence-corrected chi connectivity index (χ1v) is 6.61. The number of alkyl halides is 3. The number of nitrogen functional groups attached to an aromatic ring is 1. The molecule has 3 nitrogen and oxygen atoms in total. The molecule has 0 heterocycles. The fourth-order valence-corrected chi connectivity index (χ4v) is 2.21. The Balaban J connectivity index is 2.36. The molecule has 7 heteroatoms. The first-order chi connectivity index (χ1) is 9.79. The van der Waals surface area contributed by atoms with Gasteiger partial charge in [-0.15, -0.1) is 0 Å². The molecule has 0 bridgehead atoms. The van der Waals surface area contributed by atoms with Gasteiger partial charge in [0.1, 0.15) is 0 Å². The average Bonchev–Trinajstić information content (AvgIpc) is 2.40. The molecule has 2 aromatic rings. The minimum absolute atomic E-state index is 0.0267. The standard InChI is InChI=1S/C14H10BrF3N2O/c15-11-4-2-1-3-9(11)13(21)20-12-6-5-8(19)7-10(12)14(16,17)18/h1-7H,19H2,(H,20,21). The molecule has 0 aliphatic rings. The molecule has 0 aliphatic carbocycles. The molecule has 0 atom stereocenters. The second kappa shape index (κ2) is 5.77. The van der Waals surface area contributed by atoms with Gasteiger partial charge >= 0.3 is 6.18 Å². The summed E-state index contributed by atoms with van der Waals surface area (Å²) in [6.07, 6.45) is -4.61. The van der Waals surface area contributed by atoms with Crippen LogP contribution in [0.25, 0.3) is 0 Å². The van der Waals surface area contributed by atoms with Gasteiger partial charge < -0.3 is 11.1 Å². The van der Waals surface area contributed by atoms with Gasteiger partial charge in [0.15, 0.2) is 0 Å². The normalized spacial score (nSPS) is 11.2. The Hall–Kier alpha value is -2.02. The summed E-state index contributed by atoms with van der Waals surface area (Å²) in [6, 6.07) is 9.67. The van der Waals surface area contributed by atoms with E-state index in [1.165, 1.54) is 12.1 Å². The van der Waals surface area contributed by atoms with Crippen molar-refractivity contribution in [1.82, 2.24) is 0 Å². The number of amides is 1. The zero-order valence-electron chi connectivity index (χ0n) is 10.5. The smallest absolute Gasteiger partial charge is 0.399 e. The van der Waals surface area contributed by atoms with Gasteiger partial charge in [0.05, 0.1) is 16.8 Å². The van der Waals surface area contributed by atoms with E-state index in [1.54, 1.807) is 18.2 Å². The second-order valence-electron chi connectivity index (χ2n) is 4.24. The lowest BCUT2D eigenvalue weighted by atomic mass is 10.1. The molecule has 0 aliphatic heterocycles. The number of carbonyl (C=O) groups excluding carboxylic acids is 1. The Morgan fingerprint density at radius 3 is 2.43 bits per heavy atom. The van der Waals surface area contributed by atoms with E-state index in [2.05, 4.69) is 21.2 Å². The Labute approximate surface area is 127 Å². The van der Waals surface area contributed by atoms with Crippen LogP contribution in [0, 0.1) is 0 Å². The van der Waals surface area contributed by atoms with Gasteiger partial charge in [-0.3, -0.25) is 4.79 Å². The predicted octanol–water partition coefficient (Wildman–Crippen LogP) is 4.30. The van der Waals surface area contributed by atoms with E-state index in [9.17, 15) is 18.0 Å². The maximum atomic E-state index is 12.9. The Morgan fingerprint density at radius 1 is 1.14 bits per heavy atom. The Morgan fingerprint density at radius 2 is 1.81 bits per heavy atom. The molecular formula is C14H10BrF3N2O. The van der Waals surface area contributed by atoms with E-state index in [1.807, 2.05) is 0 Å². The summed E-state index contributed by atoms with van der Waals surface area (Å²) in [7, 11) is 0. The van der Waals surface area contributed by atoms with Gasteiger partial charge in [-0.1, -0.05) is 12.1 Å². The molecule has 0 saturated heterocycles. The van der Waals surface area contributed by atoms with Crippen molar-refractivity contribution in [2.75, 3.05) is 11.1 Å². The topological polar surface area (TPSA) is 55.1 Å². The molecule has 21 heavy (non-hydrogen) atoms. The number of hydrogen-bond donors (Lipinski definition) is 2. The van der Waals surface area contributed by atoms with Crippen LogP contribution in [-0.4, -0.2) is 5.91 Å². The number of rotatable bonds is 2. The van der Waals surface area contributed by atoms with E-state index in [4.69, 9.17) is 5.73 Å². The highest BCUT2D eigenvalue weighted by Gasteiger charge is 2.34. The molecule has 3 N–H and O–H groups in total. The maximum absolute atomic E-state index is 12.9. The predicted molar refractivity (Wildman–Crippen MR) is 78.0 cm³/mol. The average molecular weight is 359 g/mol. The number of halogens is 4. The Kier molecular flexibility index (Phi) is 4.22. The molecule has 110 valence electrons. The fraction of sp³-hybridized carbons (Fsp3) is 0.0714. The molecule has 1 amide bonds. The second-order valence-corrected chi connectivity index (χ2v) is 5.09. The zero-order valence-corrected chi connectivity index (χ0v) is 12.1. The summed E-state index contributed by atoms with van der Waals surface area (Å²) in [6.45, 7) is 0. The highest BCUT2D eigenvalue weighted by Crippen LogP contribution is 2.36. The van der Waals surface area contributed by atoms with Crippen LogP contribution in [0.4, 0.5) is 24.5 Å². The molecule has 0 unspecified atom stereocenters. The van der Waals surface area contributed by atoms with Crippen LogP contribution in [0.2, 0.25) is 0 Å². The zero-order chi connectivity index (χ0) is 15.6. The first-order valence-electron chi connectivity index (χ1n) is 5.81. The molecule has 2 rings (SSSR count). The first kappa shape index (κ1) is 15.4. The van der Waals surface area contributed by atoms with Crippen molar-refractivity contribution in [2.45, 2.75) is 6.18 Å². The molecule has 2 aromatic carbocycles. The summed E-state index contributed by atoms with van der Waals surface area (Å²) in [5.74, 6) is -0.641. The lowest BCUT2D eigenvalue weighted by Crippen LogP contribution is -2.17.